The van der Waals surface area contributed by atoms with Crippen molar-refractivity contribution in [3.63, 3.8) is 0 Å². The van der Waals surface area contributed by atoms with E-state index in [1.54, 1.807) is 12.1 Å². The maximum absolute atomic E-state index is 11.0. The lowest BCUT2D eigenvalue weighted by Crippen LogP contribution is -2.24. The predicted octanol–water partition coefficient (Wildman–Crippen LogP) is 2.83. The Hall–Kier alpha value is -1.61. The molecule has 0 aliphatic heterocycles. The second-order valence-electron chi connectivity index (χ2n) is 4.74. The first-order valence-corrected chi connectivity index (χ1v) is 6.44. The third kappa shape index (κ3) is 3.44. The second kappa shape index (κ2) is 6.36. The quantitative estimate of drug-likeness (QED) is 0.784. The number of carboxylic acids is 1. The van der Waals surface area contributed by atoms with E-state index in [1.165, 1.54) is 6.42 Å². The highest BCUT2D eigenvalue weighted by atomic mass is 16.4. The van der Waals surface area contributed by atoms with Gasteiger partial charge in [-0.15, -0.1) is 0 Å². The van der Waals surface area contributed by atoms with Gasteiger partial charge in [0.1, 0.15) is 0 Å². The maximum atomic E-state index is 11.0. The van der Waals surface area contributed by atoms with Crippen molar-refractivity contribution in [1.82, 2.24) is 5.32 Å². The van der Waals surface area contributed by atoms with Crippen molar-refractivity contribution < 1.29 is 9.90 Å². The lowest BCUT2D eigenvalue weighted by Gasteiger charge is -2.18. The van der Waals surface area contributed by atoms with Crippen LogP contribution in [0.2, 0.25) is 0 Å². The van der Waals surface area contributed by atoms with Crippen LogP contribution in [-0.4, -0.2) is 17.6 Å². The molecule has 0 amide bonds. The molecule has 0 saturated heterocycles. The summed E-state index contributed by atoms with van der Waals surface area (Å²) in [6.07, 6.45) is 7.99. The van der Waals surface area contributed by atoms with Gasteiger partial charge in [0, 0.05) is 6.54 Å². The molecule has 0 heterocycles. The van der Waals surface area contributed by atoms with E-state index in [1.807, 2.05) is 12.1 Å². The number of aromatic carboxylic acids is 1. The SMILES string of the molecule is O=C(O)c1ccccc1CNCC1CC=CCC1. The largest absolute Gasteiger partial charge is 0.478 e. The molecule has 1 aromatic rings. The molecule has 0 bridgehead atoms. The zero-order valence-corrected chi connectivity index (χ0v) is 10.4. The van der Waals surface area contributed by atoms with E-state index in [0.717, 1.165) is 24.9 Å². The minimum absolute atomic E-state index is 0.397. The van der Waals surface area contributed by atoms with E-state index in [4.69, 9.17) is 5.11 Å². The van der Waals surface area contributed by atoms with Crippen LogP contribution in [0.5, 0.6) is 0 Å². The average molecular weight is 245 g/mol. The number of nitrogens with one attached hydrogen (secondary N) is 1. The summed E-state index contributed by atoms with van der Waals surface area (Å²) < 4.78 is 0. The molecule has 1 aliphatic rings. The monoisotopic (exact) mass is 245 g/mol. The molecule has 0 radical (unpaired) electrons. The van der Waals surface area contributed by atoms with Gasteiger partial charge in [0.05, 0.1) is 5.56 Å². The summed E-state index contributed by atoms with van der Waals surface area (Å²) in [5.41, 5.74) is 1.25. The molecular weight excluding hydrogens is 226 g/mol. The third-order valence-corrected chi connectivity index (χ3v) is 3.37. The predicted molar refractivity (Wildman–Crippen MR) is 71.6 cm³/mol. The van der Waals surface area contributed by atoms with E-state index < -0.39 is 5.97 Å². The molecular formula is C15H19NO2. The zero-order chi connectivity index (χ0) is 12.8. The molecule has 1 atom stereocenters. The van der Waals surface area contributed by atoms with Gasteiger partial charge in [-0.3, -0.25) is 0 Å². The van der Waals surface area contributed by atoms with E-state index in [-0.39, 0.29) is 0 Å². The third-order valence-electron chi connectivity index (χ3n) is 3.37. The summed E-state index contributed by atoms with van der Waals surface area (Å²) >= 11 is 0. The Bertz CT molecular complexity index is 440. The molecule has 2 rings (SSSR count). The maximum Gasteiger partial charge on any atom is 0.336 e. The normalized spacial score (nSPS) is 18.8. The van der Waals surface area contributed by atoms with Gasteiger partial charge < -0.3 is 10.4 Å². The highest BCUT2D eigenvalue weighted by Crippen LogP contribution is 2.17. The highest BCUT2D eigenvalue weighted by Gasteiger charge is 2.11. The Morgan fingerprint density at radius 3 is 2.89 bits per heavy atom. The first-order chi connectivity index (χ1) is 8.77. The van der Waals surface area contributed by atoms with Crippen LogP contribution in [0, 0.1) is 5.92 Å². The Morgan fingerprint density at radius 1 is 1.33 bits per heavy atom. The van der Waals surface area contributed by atoms with Gasteiger partial charge in [-0.1, -0.05) is 30.4 Å². The number of carboxylic acid groups (broad SMARTS) is 1. The first-order valence-electron chi connectivity index (χ1n) is 6.44. The minimum atomic E-state index is -0.854. The van der Waals surface area contributed by atoms with Gasteiger partial charge in [-0.25, -0.2) is 4.79 Å². The Kier molecular flexibility index (Phi) is 4.53. The van der Waals surface area contributed by atoms with Gasteiger partial charge >= 0.3 is 5.97 Å². The lowest BCUT2D eigenvalue weighted by molar-refractivity contribution is 0.0695. The van der Waals surface area contributed by atoms with Crippen molar-refractivity contribution in [2.75, 3.05) is 6.54 Å². The Labute approximate surface area is 108 Å². The number of benzene rings is 1. The number of hydrogen-bond donors (Lipinski definition) is 2. The smallest absolute Gasteiger partial charge is 0.336 e. The van der Waals surface area contributed by atoms with Crippen LogP contribution < -0.4 is 5.32 Å². The van der Waals surface area contributed by atoms with E-state index >= 15 is 0 Å². The summed E-state index contributed by atoms with van der Waals surface area (Å²) in [7, 11) is 0. The topological polar surface area (TPSA) is 49.3 Å². The molecule has 1 aliphatic carbocycles. The van der Waals surface area contributed by atoms with Crippen molar-refractivity contribution in [3.8, 4) is 0 Å². The summed E-state index contributed by atoms with van der Waals surface area (Å²) in [6.45, 7) is 1.58. The molecule has 0 fully saturated rings. The second-order valence-corrected chi connectivity index (χ2v) is 4.74. The highest BCUT2D eigenvalue weighted by molar-refractivity contribution is 5.89. The molecule has 1 unspecified atom stereocenters. The van der Waals surface area contributed by atoms with Crippen molar-refractivity contribution in [3.05, 3.63) is 47.5 Å². The number of rotatable bonds is 5. The molecule has 96 valence electrons. The van der Waals surface area contributed by atoms with Crippen LogP contribution in [0.15, 0.2) is 36.4 Å². The Balaban J connectivity index is 1.86. The molecule has 2 N–H and O–H groups in total. The van der Waals surface area contributed by atoms with Crippen LogP contribution in [0.4, 0.5) is 0 Å². The molecule has 0 aromatic heterocycles. The number of allylic oxidation sites excluding steroid dienone is 2. The molecule has 0 spiro atoms. The number of hydrogen-bond acceptors (Lipinski definition) is 2. The van der Waals surface area contributed by atoms with E-state index in [0.29, 0.717) is 18.0 Å². The van der Waals surface area contributed by atoms with Crippen LogP contribution in [0.3, 0.4) is 0 Å². The van der Waals surface area contributed by atoms with Crippen molar-refractivity contribution in [1.29, 1.82) is 0 Å². The van der Waals surface area contributed by atoms with Crippen molar-refractivity contribution >= 4 is 5.97 Å². The fraction of sp³-hybridized carbons (Fsp3) is 0.400. The minimum Gasteiger partial charge on any atom is -0.478 e. The van der Waals surface area contributed by atoms with E-state index in [9.17, 15) is 4.79 Å². The van der Waals surface area contributed by atoms with Gasteiger partial charge in [-0.2, -0.15) is 0 Å². The summed E-state index contributed by atoms with van der Waals surface area (Å²) in [5.74, 6) is -0.167. The van der Waals surface area contributed by atoms with Gasteiger partial charge in [-0.05, 0) is 43.4 Å². The molecule has 3 heteroatoms. The van der Waals surface area contributed by atoms with Crippen molar-refractivity contribution in [2.45, 2.75) is 25.8 Å². The van der Waals surface area contributed by atoms with Crippen LogP contribution >= 0.6 is 0 Å². The van der Waals surface area contributed by atoms with Crippen LogP contribution in [0.1, 0.15) is 35.2 Å². The van der Waals surface area contributed by atoms with E-state index in [2.05, 4.69) is 17.5 Å². The van der Waals surface area contributed by atoms with Gasteiger partial charge in [0.25, 0.3) is 0 Å². The summed E-state index contributed by atoms with van der Waals surface area (Å²) in [5, 5.41) is 12.4. The lowest BCUT2D eigenvalue weighted by atomic mass is 9.94. The summed E-state index contributed by atoms with van der Waals surface area (Å²) in [4.78, 5) is 11.0. The number of carbonyl (C=O) groups is 1. The van der Waals surface area contributed by atoms with Crippen LogP contribution in [-0.2, 0) is 6.54 Å². The van der Waals surface area contributed by atoms with Crippen LogP contribution in [0.25, 0.3) is 0 Å². The first kappa shape index (κ1) is 12.8. The van der Waals surface area contributed by atoms with Crippen molar-refractivity contribution in [2.24, 2.45) is 5.92 Å². The fourth-order valence-electron chi connectivity index (χ4n) is 2.34. The standard InChI is InChI=1S/C15H19NO2/c17-15(18)14-9-5-4-8-13(14)11-16-10-12-6-2-1-3-7-12/h1-2,4-5,8-9,12,16H,3,6-7,10-11H2,(H,17,18). The molecule has 18 heavy (non-hydrogen) atoms. The molecule has 1 aromatic carbocycles. The Morgan fingerprint density at radius 2 is 2.17 bits per heavy atom. The summed E-state index contributed by atoms with van der Waals surface area (Å²) in [6, 6.07) is 7.17. The zero-order valence-electron chi connectivity index (χ0n) is 10.4. The van der Waals surface area contributed by atoms with Gasteiger partial charge in [0.15, 0.2) is 0 Å². The molecule has 3 nitrogen and oxygen atoms in total. The fourth-order valence-corrected chi connectivity index (χ4v) is 2.34. The van der Waals surface area contributed by atoms with Gasteiger partial charge in [0.2, 0.25) is 0 Å². The molecule has 0 saturated carbocycles. The average Bonchev–Trinajstić information content (AvgIpc) is 2.40.